The average molecular weight is 385 g/mol. The zero-order valence-electron chi connectivity index (χ0n) is 15.9. The van der Waals surface area contributed by atoms with Gasteiger partial charge in [0.2, 0.25) is 5.91 Å². The summed E-state index contributed by atoms with van der Waals surface area (Å²) < 4.78 is 0. The number of hydrogen-bond acceptors (Lipinski definition) is 5. The van der Waals surface area contributed by atoms with Gasteiger partial charge in [0.15, 0.2) is 0 Å². The predicted octanol–water partition coefficient (Wildman–Crippen LogP) is 2.75. The van der Waals surface area contributed by atoms with Crippen LogP contribution in [-0.2, 0) is 17.9 Å². The number of nitrogens with one attached hydrogen (secondary N) is 1. The van der Waals surface area contributed by atoms with Crippen LogP contribution in [0.4, 0.5) is 0 Å². The van der Waals surface area contributed by atoms with Crippen LogP contribution in [0.15, 0.2) is 41.9 Å². The number of thiophene rings is 1. The van der Waals surface area contributed by atoms with Crippen molar-refractivity contribution in [2.75, 3.05) is 26.7 Å². The first-order chi connectivity index (χ1) is 13.1. The van der Waals surface area contributed by atoms with Gasteiger partial charge in [0.1, 0.15) is 0 Å². The standard InChI is InChI=1S/C21H28N4OS/c1-24-16-21(7-10-25(11-8-21)15-18-6-4-12-27-18)13-19(24)20(26)23-14-17-5-2-3-9-22-17/h2-6,9,12,19H,7-8,10-11,13-16H2,1H3,(H,23,26). The SMILES string of the molecule is CN1CC2(CCN(Cc3cccs3)CC2)CC1C(=O)NCc1ccccn1. The molecule has 2 aromatic rings. The van der Waals surface area contributed by atoms with Crippen molar-refractivity contribution in [3.63, 3.8) is 0 Å². The molecule has 2 aliphatic rings. The lowest BCUT2D eigenvalue weighted by molar-refractivity contribution is -0.125. The predicted molar refractivity (Wildman–Crippen MR) is 108 cm³/mol. The molecule has 1 amide bonds. The van der Waals surface area contributed by atoms with E-state index in [1.165, 1.54) is 17.7 Å². The van der Waals surface area contributed by atoms with Gasteiger partial charge in [-0.15, -0.1) is 11.3 Å². The third kappa shape index (κ3) is 4.39. The van der Waals surface area contributed by atoms with Crippen molar-refractivity contribution < 1.29 is 4.79 Å². The smallest absolute Gasteiger partial charge is 0.237 e. The number of rotatable bonds is 5. The highest BCUT2D eigenvalue weighted by Gasteiger charge is 2.46. The minimum absolute atomic E-state index is 0.0161. The van der Waals surface area contributed by atoms with Crippen molar-refractivity contribution in [1.82, 2.24) is 20.1 Å². The topological polar surface area (TPSA) is 48.5 Å². The minimum Gasteiger partial charge on any atom is -0.349 e. The molecule has 2 aliphatic heterocycles. The molecule has 0 saturated carbocycles. The molecular formula is C21H28N4OS. The average Bonchev–Trinajstić information content (AvgIpc) is 3.31. The Hall–Kier alpha value is -1.76. The lowest BCUT2D eigenvalue weighted by atomic mass is 9.76. The zero-order chi connectivity index (χ0) is 18.7. The lowest BCUT2D eigenvalue weighted by Gasteiger charge is -2.39. The molecule has 2 fully saturated rings. The molecular weight excluding hydrogens is 356 g/mol. The second-order valence-electron chi connectivity index (χ2n) is 8.03. The summed E-state index contributed by atoms with van der Waals surface area (Å²) >= 11 is 1.84. The van der Waals surface area contributed by atoms with Crippen LogP contribution in [0.2, 0.25) is 0 Å². The van der Waals surface area contributed by atoms with Crippen molar-refractivity contribution in [3.05, 3.63) is 52.5 Å². The fourth-order valence-electron chi connectivity index (χ4n) is 4.53. The van der Waals surface area contributed by atoms with Gasteiger partial charge in [-0.1, -0.05) is 12.1 Å². The molecule has 1 N–H and O–H groups in total. The maximum Gasteiger partial charge on any atom is 0.237 e. The number of pyridine rings is 1. The number of hydrogen-bond donors (Lipinski definition) is 1. The van der Waals surface area contributed by atoms with E-state index in [1.54, 1.807) is 6.20 Å². The number of piperidine rings is 1. The first-order valence-electron chi connectivity index (χ1n) is 9.76. The van der Waals surface area contributed by atoms with Gasteiger partial charge in [-0.05, 0) is 68.4 Å². The third-order valence-corrected chi connectivity index (χ3v) is 6.95. The molecule has 1 unspecified atom stereocenters. The maximum absolute atomic E-state index is 12.7. The monoisotopic (exact) mass is 384 g/mol. The summed E-state index contributed by atoms with van der Waals surface area (Å²) in [6.45, 7) is 4.87. The van der Waals surface area contributed by atoms with Gasteiger partial charge < -0.3 is 5.32 Å². The molecule has 0 radical (unpaired) electrons. The van der Waals surface area contributed by atoms with E-state index in [4.69, 9.17) is 0 Å². The van der Waals surface area contributed by atoms with Crippen LogP contribution in [0.25, 0.3) is 0 Å². The molecule has 6 heteroatoms. The van der Waals surface area contributed by atoms with Crippen molar-refractivity contribution in [3.8, 4) is 0 Å². The maximum atomic E-state index is 12.7. The Morgan fingerprint density at radius 1 is 1.30 bits per heavy atom. The van der Waals surface area contributed by atoms with Gasteiger partial charge in [-0.2, -0.15) is 0 Å². The number of carbonyl (C=O) groups excluding carboxylic acids is 1. The first-order valence-corrected chi connectivity index (χ1v) is 10.6. The second kappa shape index (κ2) is 8.09. The summed E-state index contributed by atoms with van der Waals surface area (Å²) in [7, 11) is 2.10. The summed E-state index contributed by atoms with van der Waals surface area (Å²) in [5.74, 6) is 0.140. The molecule has 0 bridgehead atoms. The van der Waals surface area contributed by atoms with Gasteiger partial charge in [-0.3, -0.25) is 19.6 Å². The fraction of sp³-hybridized carbons (Fsp3) is 0.524. The highest BCUT2D eigenvalue weighted by Crippen LogP contribution is 2.43. The largest absolute Gasteiger partial charge is 0.349 e. The van der Waals surface area contributed by atoms with E-state index in [-0.39, 0.29) is 11.9 Å². The Balaban J connectivity index is 1.29. The number of amides is 1. The van der Waals surface area contributed by atoms with Crippen LogP contribution in [0.5, 0.6) is 0 Å². The Labute approximate surface area is 165 Å². The van der Waals surface area contributed by atoms with Gasteiger partial charge in [-0.25, -0.2) is 0 Å². The summed E-state index contributed by atoms with van der Waals surface area (Å²) in [5.41, 5.74) is 1.20. The summed E-state index contributed by atoms with van der Waals surface area (Å²) in [5, 5.41) is 5.23. The number of aromatic nitrogens is 1. The van der Waals surface area contributed by atoms with Crippen molar-refractivity contribution in [2.24, 2.45) is 5.41 Å². The Kier molecular flexibility index (Phi) is 5.57. The van der Waals surface area contributed by atoms with E-state index < -0.39 is 0 Å². The Bertz CT molecular complexity index is 741. The molecule has 0 aromatic carbocycles. The van der Waals surface area contributed by atoms with E-state index in [2.05, 4.69) is 44.7 Å². The van der Waals surface area contributed by atoms with E-state index in [0.717, 1.165) is 38.3 Å². The van der Waals surface area contributed by atoms with E-state index in [9.17, 15) is 4.79 Å². The number of carbonyl (C=O) groups is 1. The number of likely N-dealkylation sites (tertiary alicyclic amines) is 2. The molecule has 2 aromatic heterocycles. The highest BCUT2D eigenvalue weighted by molar-refractivity contribution is 7.09. The third-order valence-electron chi connectivity index (χ3n) is 6.09. The summed E-state index contributed by atoms with van der Waals surface area (Å²) in [4.78, 5) is 23.3. The molecule has 2 saturated heterocycles. The molecule has 27 heavy (non-hydrogen) atoms. The van der Waals surface area contributed by atoms with Gasteiger partial charge in [0.25, 0.3) is 0 Å². The van der Waals surface area contributed by atoms with E-state index >= 15 is 0 Å². The molecule has 144 valence electrons. The fourth-order valence-corrected chi connectivity index (χ4v) is 5.28. The van der Waals surface area contributed by atoms with Crippen molar-refractivity contribution >= 4 is 17.2 Å². The van der Waals surface area contributed by atoms with Crippen LogP contribution in [0, 0.1) is 5.41 Å². The van der Waals surface area contributed by atoms with Crippen molar-refractivity contribution in [2.45, 2.75) is 38.4 Å². The van der Waals surface area contributed by atoms with Gasteiger partial charge in [0, 0.05) is 24.2 Å². The Morgan fingerprint density at radius 3 is 2.85 bits per heavy atom. The number of likely N-dealkylation sites (N-methyl/N-ethyl adjacent to an activating group) is 1. The normalized spacial score (nSPS) is 22.9. The number of nitrogens with zero attached hydrogens (tertiary/aromatic N) is 3. The lowest BCUT2D eigenvalue weighted by Crippen LogP contribution is -2.41. The van der Waals surface area contributed by atoms with Crippen LogP contribution in [-0.4, -0.2) is 53.4 Å². The molecule has 4 heterocycles. The van der Waals surface area contributed by atoms with Gasteiger partial charge >= 0.3 is 0 Å². The molecule has 1 atom stereocenters. The van der Waals surface area contributed by atoms with Crippen LogP contribution >= 0.6 is 11.3 Å². The Morgan fingerprint density at radius 2 is 2.15 bits per heavy atom. The molecule has 4 rings (SSSR count). The van der Waals surface area contributed by atoms with Crippen LogP contribution < -0.4 is 5.32 Å². The van der Waals surface area contributed by atoms with Gasteiger partial charge in [0.05, 0.1) is 18.3 Å². The second-order valence-corrected chi connectivity index (χ2v) is 9.06. The molecule has 5 nitrogen and oxygen atoms in total. The van der Waals surface area contributed by atoms with Crippen LogP contribution in [0.1, 0.15) is 29.8 Å². The minimum atomic E-state index is -0.0161. The molecule has 1 spiro atoms. The first kappa shape index (κ1) is 18.6. The van der Waals surface area contributed by atoms with Crippen LogP contribution in [0.3, 0.4) is 0 Å². The summed E-state index contributed by atoms with van der Waals surface area (Å²) in [6, 6.07) is 10.1. The zero-order valence-corrected chi connectivity index (χ0v) is 16.8. The van der Waals surface area contributed by atoms with E-state index in [0.29, 0.717) is 12.0 Å². The quantitative estimate of drug-likeness (QED) is 0.861. The highest BCUT2D eigenvalue weighted by atomic mass is 32.1. The van der Waals surface area contributed by atoms with E-state index in [1.807, 2.05) is 29.5 Å². The van der Waals surface area contributed by atoms with Crippen molar-refractivity contribution in [1.29, 1.82) is 0 Å². The summed E-state index contributed by atoms with van der Waals surface area (Å²) in [6.07, 6.45) is 5.12. The molecule has 0 aliphatic carbocycles.